The van der Waals surface area contributed by atoms with Crippen molar-refractivity contribution >= 4 is 68.7 Å². The Kier molecular flexibility index (Phi) is 8.32. The normalized spacial score (nSPS) is 10.9. The highest BCUT2D eigenvalue weighted by atomic mass is 32.1. The average Bonchev–Trinajstić information content (AvgIpc) is 3.78. The molecule has 0 aliphatic heterocycles. The molecule has 0 fully saturated rings. The Hall–Kier alpha value is -4.92. The third-order valence-corrected chi connectivity index (χ3v) is 9.95. The van der Waals surface area contributed by atoms with E-state index in [0.717, 1.165) is 54.3 Å². The van der Waals surface area contributed by atoms with E-state index in [9.17, 15) is 10.0 Å². The molecule has 2 aromatic heterocycles. The van der Waals surface area contributed by atoms with E-state index in [2.05, 4.69) is 137 Å². The van der Waals surface area contributed by atoms with E-state index in [0.29, 0.717) is 4.78 Å². The van der Waals surface area contributed by atoms with Gasteiger partial charge in [-0.05, 0) is 90.5 Å². The molecule has 0 amide bonds. The van der Waals surface area contributed by atoms with Crippen molar-refractivity contribution in [1.82, 2.24) is 0 Å². The molecule has 2 N–H and O–H groups in total. The van der Waals surface area contributed by atoms with Crippen LogP contribution in [0.5, 0.6) is 0 Å². The molecule has 0 atom stereocenters. The zero-order chi connectivity index (χ0) is 30.6. The lowest BCUT2D eigenvalue weighted by atomic mass is 9.90. The number of thiophene rings is 2. The third-order valence-electron chi connectivity index (χ3n) is 7.49. The van der Waals surface area contributed by atoms with E-state index in [4.69, 9.17) is 0 Å². The number of nitrogens with zero attached hydrogens (tertiary/aromatic N) is 2. The van der Waals surface area contributed by atoms with E-state index >= 15 is 0 Å². The number of para-hydroxylation sites is 4. The minimum absolute atomic E-state index is 0.534. The quantitative estimate of drug-likeness (QED) is 0.158. The lowest BCUT2D eigenvalue weighted by molar-refractivity contribution is 0.427. The van der Waals surface area contributed by atoms with E-state index in [1.807, 2.05) is 30.3 Å². The molecule has 4 nitrogen and oxygen atoms in total. The van der Waals surface area contributed by atoms with Gasteiger partial charge in [-0.25, -0.2) is 0 Å². The van der Waals surface area contributed by atoms with Gasteiger partial charge in [-0.1, -0.05) is 78.9 Å². The first kappa shape index (κ1) is 28.8. The molecule has 0 saturated carbocycles. The van der Waals surface area contributed by atoms with Crippen LogP contribution >= 0.6 is 22.7 Å². The summed E-state index contributed by atoms with van der Waals surface area (Å²) in [6.07, 6.45) is 0. The van der Waals surface area contributed by atoms with Crippen LogP contribution in [0.4, 0.5) is 34.1 Å². The van der Waals surface area contributed by atoms with Crippen LogP contribution in [0.3, 0.4) is 0 Å². The predicted octanol–water partition coefficient (Wildman–Crippen LogP) is 9.76. The first-order valence-electron chi connectivity index (χ1n) is 14.7. The Labute approximate surface area is 271 Å². The van der Waals surface area contributed by atoms with Crippen molar-refractivity contribution in [1.29, 1.82) is 0 Å². The number of hydrogen-bond donors (Lipinski definition) is 2. The monoisotopic (exact) mass is 620 g/mol. The molecule has 7 rings (SSSR count). The molecular formula is C38H29BN2O2S2. The summed E-state index contributed by atoms with van der Waals surface area (Å²) in [5.41, 5.74) is 7.43. The first-order valence-corrected chi connectivity index (χ1v) is 16.3. The Balaban J connectivity index is 1.43. The zero-order valence-corrected chi connectivity index (χ0v) is 25.9. The maximum atomic E-state index is 9.67. The van der Waals surface area contributed by atoms with Crippen LogP contribution in [0.2, 0.25) is 0 Å². The van der Waals surface area contributed by atoms with Crippen molar-refractivity contribution < 1.29 is 10.0 Å². The number of benzene rings is 5. The van der Waals surface area contributed by atoms with Gasteiger partial charge in [-0.15, -0.1) is 22.7 Å². The molecule has 5 aromatic carbocycles. The van der Waals surface area contributed by atoms with Gasteiger partial charge in [-0.3, -0.25) is 0 Å². The average molecular weight is 621 g/mol. The van der Waals surface area contributed by atoms with Crippen molar-refractivity contribution in [2.45, 2.75) is 0 Å². The smallest absolute Gasteiger partial charge is 0.423 e. The summed E-state index contributed by atoms with van der Waals surface area (Å²) < 4.78 is 0.534. The SMILES string of the molecule is OB(O)c1ccc(-c2ccc(-c3cc(N(c4ccccc4)c4ccccc4)cc(N(c4ccccc4)c4ccccc4)c3)s2)s1. The third kappa shape index (κ3) is 6.20. The molecule has 0 aliphatic rings. The molecule has 218 valence electrons. The molecule has 0 saturated heterocycles. The maximum Gasteiger partial charge on any atom is 0.499 e. The van der Waals surface area contributed by atoms with E-state index in [-0.39, 0.29) is 0 Å². The van der Waals surface area contributed by atoms with Crippen molar-refractivity contribution in [2.24, 2.45) is 0 Å². The van der Waals surface area contributed by atoms with Gasteiger partial charge in [-0.2, -0.15) is 0 Å². The summed E-state index contributed by atoms with van der Waals surface area (Å²) in [7, 11) is -1.47. The van der Waals surface area contributed by atoms with Crippen LogP contribution in [0.15, 0.2) is 164 Å². The Bertz CT molecular complexity index is 1820. The minimum atomic E-state index is -1.47. The minimum Gasteiger partial charge on any atom is -0.423 e. The second-order valence-electron chi connectivity index (χ2n) is 10.5. The molecule has 7 heteroatoms. The highest BCUT2D eigenvalue weighted by Crippen LogP contribution is 2.45. The summed E-state index contributed by atoms with van der Waals surface area (Å²) in [4.78, 5) is 7.80. The van der Waals surface area contributed by atoms with Gasteiger partial charge in [0.2, 0.25) is 0 Å². The van der Waals surface area contributed by atoms with Gasteiger partial charge in [0.05, 0.1) is 0 Å². The van der Waals surface area contributed by atoms with Gasteiger partial charge in [0.1, 0.15) is 0 Å². The van der Waals surface area contributed by atoms with E-state index in [1.165, 1.54) is 11.3 Å². The summed E-state index contributed by atoms with van der Waals surface area (Å²) in [6.45, 7) is 0. The van der Waals surface area contributed by atoms with Gasteiger partial charge in [0.25, 0.3) is 0 Å². The number of hydrogen-bond acceptors (Lipinski definition) is 6. The standard InChI is InChI=1S/C38H29BN2O2S2/c42-39(43)38-24-23-37(45-38)36-22-21-35(44-36)28-25-33(40(29-13-5-1-6-14-29)30-15-7-2-8-16-30)27-34(26-28)41(31-17-9-3-10-18-31)32-19-11-4-12-20-32/h1-27,42-43H. The van der Waals surface area contributed by atoms with Crippen molar-refractivity contribution in [3.63, 3.8) is 0 Å². The second-order valence-corrected chi connectivity index (χ2v) is 12.7. The summed E-state index contributed by atoms with van der Waals surface area (Å²) >= 11 is 3.10. The molecule has 0 aliphatic carbocycles. The van der Waals surface area contributed by atoms with E-state index < -0.39 is 7.12 Å². The highest BCUT2D eigenvalue weighted by molar-refractivity contribution is 7.28. The fraction of sp³-hybridized carbons (Fsp3) is 0. The molecule has 0 radical (unpaired) electrons. The Morgan fingerprint density at radius 3 is 1.16 bits per heavy atom. The van der Waals surface area contributed by atoms with Crippen LogP contribution in [-0.4, -0.2) is 17.2 Å². The van der Waals surface area contributed by atoms with Crippen molar-refractivity contribution in [3.05, 3.63) is 164 Å². The van der Waals surface area contributed by atoms with Crippen LogP contribution in [0, 0.1) is 0 Å². The topological polar surface area (TPSA) is 46.9 Å². The zero-order valence-electron chi connectivity index (χ0n) is 24.3. The van der Waals surface area contributed by atoms with Gasteiger partial charge < -0.3 is 19.8 Å². The number of rotatable bonds is 9. The van der Waals surface area contributed by atoms with Crippen LogP contribution in [0.25, 0.3) is 20.2 Å². The van der Waals surface area contributed by atoms with Crippen molar-refractivity contribution in [2.75, 3.05) is 9.80 Å². The molecule has 0 spiro atoms. The first-order chi connectivity index (χ1) is 22.1. The highest BCUT2D eigenvalue weighted by Gasteiger charge is 2.20. The lowest BCUT2D eigenvalue weighted by Crippen LogP contribution is -2.26. The van der Waals surface area contributed by atoms with Crippen LogP contribution in [-0.2, 0) is 0 Å². The fourth-order valence-electron chi connectivity index (χ4n) is 5.45. The molecule has 7 aromatic rings. The summed E-state index contributed by atoms with van der Waals surface area (Å²) in [5, 5.41) is 19.3. The predicted molar refractivity (Wildman–Crippen MR) is 192 cm³/mol. The summed E-state index contributed by atoms with van der Waals surface area (Å²) in [6, 6.07) is 56.6. The van der Waals surface area contributed by atoms with E-state index in [1.54, 1.807) is 17.4 Å². The molecule has 0 unspecified atom stereocenters. The van der Waals surface area contributed by atoms with Gasteiger partial charge >= 0.3 is 7.12 Å². The lowest BCUT2D eigenvalue weighted by Gasteiger charge is -2.30. The Morgan fingerprint density at radius 2 is 0.756 bits per heavy atom. The molecule has 45 heavy (non-hydrogen) atoms. The maximum absolute atomic E-state index is 9.67. The summed E-state index contributed by atoms with van der Waals surface area (Å²) in [5.74, 6) is 0. The van der Waals surface area contributed by atoms with Crippen molar-refractivity contribution in [3.8, 4) is 20.2 Å². The molecular weight excluding hydrogens is 591 g/mol. The second kappa shape index (κ2) is 13.0. The molecule has 0 bridgehead atoms. The number of anilines is 6. The van der Waals surface area contributed by atoms with Crippen LogP contribution < -0.4 is 14.6 Å². The van der Waals surface area contributed by atoms with Crippen LogP contribution in [0.1, 0.15) is 0 Å². The van der Waals surface area contributed by atoms with Gasteiger partial charge in [0, 0.05) is 53.5 Å². The fourth-order valence-corrected chi connectivity index (χ4v) is 7.41. The largest absolute Gasteiger partial charge is 0.499 e. The van der Waals surface area contributed by atoms with Gasteiger partial charge in [0.15, 0.2) is 0 Å². The Morgan fingerprint density at radius 1 is 0.378 bits per heavy atom. The molecule has 2 heterocycles.